The van der Waals surface area contributed by atoms with Gasteiger partial charge < -0.3 is 19.9 Å². The van der Waals surface area contributed by atoms with Crippen LogP contribution in [-0.2, 0) is 9.53 Å². The lowest BCUT2D eigenvalue weighted by atomic mass is 9.95. The van der Waals surface area contributed by atoms with Gasteiger partial charge in [0, 0.05) is 22.3 Å². The van der Waals surface area contributed by atoms with Crippen LogP contribution in [0.3, 0.4) is 0 Å². The first-order valence-electron chi connectivity index (χ1n) is 10.8. The molecule has 0 bridgehead atoms. The van der Waals surface area contributed by atoms with Gasteiger partial charge in [0.2, 0.25) is 5.91 Å². The minimum Gasteiger partial charge on any atom is -0.491 e. The molecule has 0 aliphatic heterocycles. The van der Waals surface area contributed by atoms with Crippen molar-refractivity contribution in [1.29, 1.82) is 0 Å². The molecule has 0 saturated heterocycles. The van der Waals surface area contributed by atoms with Crippen molar-refractivity contribution < 1.29 is 29.0 Å². The number of hydrogen-bond donors (Lipinski definition) is 3. The Morgan fingerprint density at radius 1 is 1.00 bits per heavy atom. The number of halogens is 1. The molecule has 0 unspecified atom stereocenters. The van der Waals surface area contributed by atoms with Crippen LogP contribution in [0.15, 0.2) is 60.7 Å². The molecule has 0 fully saturated rings. The number of benzene rings is 3. The van der Waals surface area contributed by atoms with Crippen LogP contribution >= 0.6 is 22.6 Å². The van der Waals surface area contributed by atoms with Crippen LogP contribution in [0.25, 0.3) is 11.1 Å². The Hall–Kier alpha value is -3.88. The molecule has 0 spiro atoms. The Morgan fingerprint density at radius 2 is 1.69 bits per heavy atom. The number of nitrogens with one attached hydrogen (secondary N) is 2. The molecule has 2 aliphatic rings. The smallest absolute Gasteiger partial charge is 0.409 e. The number of methoxy groups -OCH3 is 1. The summed E-state index contributed by atoms with van der Waals surface area (Å²) in [7, 11) is 1.52. The molecular weight excluding hydrogens is 575 g/mol. The van der Waals surface area contributed by atoms with E-state index in [0.29, 0.717) is 17.9 Å². The molecule has 0 saturated carbocycles. The number of fused-ring (bicyclic) bond motifs is 1. The van der Waals surface area contributed by atoms with E-state index in [-0.39, 0.29) is 29.3 Å². The van der Waals surface area contributed by atoms with E-state index in [0.717, 1.165) is 3.57 Å². The van der Waals surface area contributed by atoms with E-state index in [4.69, 9.17) is 21.0 Å². The Kier molecular flexibility index (Phi) is 9.44. The number of anilines is 2. The van der Waals surface area contributed by atoms with Gasteiger partial charge in [-0.3, -0.25) is 14.9 Å². The molecule has 36 heavy (non-hydrogen) atoms. The average Bonchev–Trinajstić information content (AvgIpc) is 2.82. The largest absolute Gasteiger partial charge is 0.491 e. The first kappa shape index (κ1) is 26.7. The van der Waals surface area contributed by atoms with Crippen molar-refractivity contribution in [3.8, 4) is 29.2 Å². The van der Waals surface area contributed by atoms with Gasteiger partial charge in [-0.15, -0.1) is 6.42 Å². The highest BCUT2D eigenvalue weighted by Gasteiger charge is 2.18. The number of rotatable bonds is 9. The van der Waals surface area contributed by atoms with Crippen molar-refractivity contribution in [2.45, 2.75) is 6.42 Å². The Labute approximate surface area is 222 Å². The molecule has 3 N–H and O–H groups in total. The molecule has 2 aliphatic carbocycles. The summed E-state index contributed by atoms with van der Waals surface area (Å²) in [6, 6.07) is 18.2. The maximum Gasteiger partial charge on any atom is 0.409 e. The lowest BCUT2D eigenvalue weighted by Gasteiger charge is -2.16. The lowest BCUT2D eigenvalue weighted by Crippen LogP contribution is -2.19. The SMILES string of the molecule is C#Cc1cc(OCCOC)cc(NC(=O)O)c1NC(=O)CC(=O)c1cccc(I)c1.c1cc2ccc1-2. The molecule has 0 radical (unpaired) electrons. The fraction of sp³-hybridized carbons (Fsp3) is 0.148. The number of carbonyl (C=O) groups is 3. The van der Waals surface area contributed by atoms with E-state index in [2.05, 4.69) is 63.4 Å². The number of hydrogen-bond acceptors (Lipinski definition) is 5. The van der Waals surface area contributed by atoms with Crippen LogP contribution in [-0.4, -0.2) is 43.2 Å². The molecule has 2 amide bonds. The maximum absolute atomic E-state index is 12.5. The number of terminal acetylenes is 1. The number of ether oxygens (including phenoxy) is 2. The third kappa shape index (κ3) is 7.31. The predicted octanol–water partition coefficient (Wildman–Crippen LogP) is 5.27. The highest BCUT2D eigenvalue weighted by Crippen LogP contribution is 2.32. The number of amides is 2. The van der Waals surface area contributed by atoms with Gasteiger partial charge in [0.25, 0.3) is 0 Å². The van der Waals surface area contributed by atoms with Gasteiger partial charge in [-0.2, -0.15) is 0 Å². The average molecular weight is 598 g/mol. The molecule has 2 aromatic carbocycles. The summed E-state index contributed by atoms with van der Waals surface area (Å²) < 4.78 is 11.3. The maximum atomic E-state index is 12.5. The second-order valence-electron chi connectivity index (χ2n) is 7.54. The van der Waals surface area contributed by atoms with Gasteiger partial charge in [-0.05, 0) is 51.9 Å². The second-order valence-corrected chi connectivity index (χ2v) is 8.79. The van der Waals surface area contributed by atoms with Gasteiger partial charge >= 0.3 is 6.09 Å². The summed E-state index contributed by atoms with van der Waals surface area (Å²) in [6.07, 6.45) is 3.76. The van der Waals surface area contributed by atoms with Crippen LogP contribution in [0.2, 0.25) is 0 Å². The third-order valence-corrected chi connectivity index (χ3v) is 5.69. The fourth-order valence-electron chi connectivity index (χ4n) is 3.16. The third-order valence-electron chi connectivity index (χ3n) is 5.02. The molecule has 184 valence electrons. The lowest BCUT2D eigenvalue weighted by molar-refractivity contribution is -0.115. The first-order chi connectivity index (χ1) is 17.3. The number of carboxylic acid groups (broad SMARTS) is 1. The zero-order valence-electron chi connectivity index (χ0n) is 19.3. The zero-order valence-corrected chi connectivity index (χ0v) is 21.5. The van der Waals surface area contributed by atoms with Crippen molar-refractivity contribution in [2.75, 3.05) is 31.0 Å². The van der Waals surface area contributed by atoms with Crippen LogP contribution in [0.1, 0.15) is 22.3 Å². The highest BCUT2D eigenvalue weighted by atomic mass is 127. The van der Waals surface area contributed by atoms with E-state index in [1.54, 1.807) is 18.2 Å². The number of Topliss-reactive ketones (excluding diaryl/α,β-unsaturated/α-hetero) is 1. The standard InChI is InChI=1S/C21H19IN2O6.C6H4/c1-3-13-10-16(30-8-7-29-2)11-17(23-21(27)28)20(13)24-19(26)12-18(25)14-5-4-6-15(22)9-14;1-2-6-4-3-5(1)6/h1,4-6,9-11,23H,7-8,12H2,2H3,(H,24,26)(H,27,28);1-4H. The van der Waals surface area contributed by atoms with E-state index >= 15 is 0 Å². The van der Waals surface area contributed by atoms with E-state index < -0.39 is 18.4 Å². The highest BCUT2D eigenvalue weighted by molar-refractivity contribution is 14.1. The summed E-state index contributed by atoms with van der Waals surface area (Å²) in [5.74, 6) is 1.69. The summed E-state index contributed by atoms with van der Waals surface area (Å²) >= 11 is 2.07. The van der Waals surface area contributed by atoms with Gasteiger partial charge in [-0.1, -0.05) is 42.3 Å². The van der Waals surface area contributed by atoms with Crippen molar-refractivity contribution >= 4 is 51.7 Å². The molecule has 0 atom stereocenters. The van der Waals surface area contributed by atoms with E-state index in [9.17, 15) is 14.4 Å². The molecule has 0 heterocycles. The number of ketones is 1. The van der Waals surface area contributed by atoms with Gasteiger partial charge in [-0.25, -0.2) is 4.79 Å². The Morgan fingerprint density at radius 3 is 2.22 bits per heavy atom. The van der Waals surface area contributed by atoms with Crippen LogP contribution < -0.4 is 15.4 Å². The quantitative estimate of drug-likeness (QED) is 0.0796. The molecule has 0 aromatic heterocycles. The predicted molar refractivity (Wildman–Crippen MR) is 146 cm³/mol. The summed E-state index contributed by atoms with van der Waals surface area (Å²) in [5, 5.41) is 13.8. The molecular formula is C27H23IN2O6. The van der Waals surface area contributed by atoms with Crippen molar-refractivity contribution in [3.63, 3.8) is 0 Å². The van der Waals surface area contributed by atoms with Crippen molar-refractivity contribution in [1.82, 2.24) is 0 Å². The van der Waals surface area contributed by atoms with Gasteiger partial charge in [0.05, 0.1) is 30.0 Å². The van der Waals surface area contributed by atoms with E-state index in [1.165, 1.54) is 30.4 Å². The van der Waals surface area contributed by atoms with E-state index in [1.807, 2.05) is 6.07 Å². The molecule has 8 nitrogen and oxygen atoms in total. The zero-order chi connectivity index (χ0) is 26.1. The normalized spacial score (nSPS) is 10.2. The topological polar surface area (TPSA) is 114 Å². The second kappa shape index (κ2) is 12.7. The monoisotopic (exact) mass is 598 g/mol. The van der Waals surface area contributed by atoms with Crippen LogP contribution in [0.5, 0.6) is 5.75 Å². The minimum atomic E-state index is -1.35. The van der Waals surface area contributed by atoms with Crippen molar-refractivity contribution in [2.24, 2.45) is 0 Å². The first-order valence-corrected chi connectivity index (χ1v) is 11.8. The summed E-state index contributed by atoms with van der Waals surface area (Å²) in [6.45, 7) is 0.551. The van der Waals surface area contributed by atoms with Gasteiger partial charge in [0.1, 0.15) is 12.4 Å². The minimum absolute atomic E-state index is 0.0282. The molecule has 2 aromatic rings. The molecule has 4 rings (SSSR count). The van der Waals surface area contributed by atoms with Crippen LogP contribution in [0, 0.1) is 15.9 Å². The van der Waals surface area contributed by atoms with Crippen molar-refractivity contribution in [3.05, 3.63) is 75.4 Å². The van der Waals surface area contributed by atoms with Crippen LogP contribution in [0.4, 0.5) is 16.2 Å². The fourth-order valence-corrected chi connectivity index (χ4v) is 3.70. The molecule has 9 heteroatoms. The van der Waals surface area contributed by atoms with Gasteiger partial charge in [0.15, 0.2) is 5.78 Å². The number of carbonyl (C=O) groups excluding carboxylic acids is 2. The Balaban J connectivity index is 0.000000513. The summed E-state index contributed by atoms with van der Waals surface area (Å²) in [5.41, 5.74) is 3.55. The Bertz CT molecular complexity index is 1290. The summed E-state index contributed by atoms with van der Waals surface area (Å²) in [4.78, 5) is 36.0.